The third-order valence-corrected chi connectivity index (χ3v) is 4.09. The molecule has 0 aliphatic carbocycles. The van der Waals surface area contributed by atoms with Crippen LogP contribution in [0.4, 0.5) is 14.5 Å². The average Bonchev–Trinajstić information content (AvgIpc) is 2.51. The van der Waals surface area contributed by atoms with Gasteiger partial charge in [-0.05, 0) is 28.1 Å². The second kappa shape index (κ2) is 6.66. The Balaban J connectivity index is 1.59. The zero-order chi connectivity index (χ0) is 15.5. The van der Waals surface area contributed by atoms with Crippen molar-refractivity contribution in [2.24, 2.45) is 0 Å². The number of benzene rings is 1. The number of hydrogen-bond acceptors (Lipinski definition) is 4. The van der Waals surface area contributed by atoms with Gasteiger partial charge in [0, 0.05) is 38.8 Å². The lowest BCUT2D eigenvalue weighted by atomic mass is 10.2. The Morgan fingerprint density at radius 2 is 1.82 bits per heavy atom. The molecule has 1 aliphatic heterocycles. The predicted octanol–water partition coefficient (Wildman–Crippen LogP) is 2.84. The van der Waals surface area contributed by atoms with E-state index in [0.29, 0.717) is 23.4 Å². The van der Waals surface area contributed by atoms with E-state index >= 15 is 0 Å². The molecule has 1 aromatic heterocycles. The van der Waals surface area contributed by atoms with Gasteiger partial charge in [0.1, 0.15) is 16.2 Å². The van der Waals surface area contributed by atoms with E-state index in [1.54, 1.807) is 12.4 Å². The molecule has 4 nitrogen and oxygen atoms in total. The smallest absolute Gasteiger partial charge is 0.149 e. The van der Waals surface area contributed by atoms with E-state index in [2.05, 4.69) is 30.8 Å². The molecule has 1 saturated heterocycles. The number of nitrogens with zero attached hydrogens (tertiary/aromatic N) is 4. The number of piperazine rings is 1. The van der Waals surface area contributed by atoms with Crippen molar-refractivity contribution in [2.75, 3.05) is 31.1 Å². The van der Waals surface area contributed by atoms with Gasteiger partial charge in [-0.3, -0.25) is 9.88 Å². The lowest BCUT2D eigenvalue weighted by Crippen LogP contribution is -2.46. The lowest BCUT2D eigenvalue weighted by Gasteiger charge is -2.36. The van der Waals surface area contributed by atoms with Crippen LogP contribution >= 0.6 is 15.9 Å². The van der Waals surface area contributed by atoms with Crippen LogP contribution in [0.15, 0.2) is 35.2 Å². The van der Waals surface area contributed by atoms with Crippen LogP contribution in [-0.4, -0.2) is 41.0 Å². The van der Waals surface area contributed by atoms with Crippen LogP contribution in [-0.2, 0) is 6.54 Å². The molecule has 0 spiro atoms. The lowest BCUT2D eigenvalue weighted by molar-refractivity contribution is 0.246. The third kappa shape index (κ3) is 3.59. The molecule has 1 aromatic carbocycles. The summed E-state index contributed by atoms with van der Waals surface area (Å²) in [4.78, 5) is 12.7. The Morgan fingerprint density at radius 1 is 1.05 bits per heavy atom. The molecule has 22 heavy (non-hydrogen) atoms. The van der Waals surface area contributed by atoms with Gasteiger partial charge in [0.15, 0.2) is 0 Å². The molecular formula is C15H15BrF2N4. The summed E-state index contributed by atoms with van der Waals surface area (Å²) in [5.41, 5.74) is 1.37. The molecule has 116 valence electrons. The van der Waals surface area contributed by atoms with Crippen LogP contribution in [0.1, 0.15) is 5.69 Å². The largest absolute Gasteiger partial charge is 0.367 e. The van der Waals surface area contributed by atoms with E-state index < -0.39 is 11.6 Å². The molecule has 0 amide bonds. The summed E-state index contributed by atoms with van der Waals surface area (Å²) >= 11 is 3.26. The highest BCUT2D eigenvalue weighted by molar-refractivity contribution is 9.10. The van der Waals surface area contributed by atoms with Crippen LogP contribution in [0.5, 0.6) is 0 Å². The maximum Gasteiger partial charge on any atom is 0.149 e. The molecule has 0 radical (unpaired) electrons. The van der Waals surface area contributed by atoms with Crippen molar-refractivity contribution in [1.29, 1.82) is 0 Å². The molecule has 0 N–H and O–H groups in total. The van der Waals surface area contributed by atoms with Crippen LogP contribution in [0.3, 0.4) is 0 Å². The summed E-state index contributed by atoms with van der Waals surface area (Å²) in [6.07, 6.45) is 3.43. The molecule has 1 fully saturated rings. The molecule has 0 saturated carbocycles. The standard InChI is InChI=1S/C15H15BrF2N4/c16-15-9-19-12(8-20-15)10-21-3-5-22(6-4-21)14-2-1-11(17)7-13(14)18/h1-2,7-9H,3-6,10H2. The minimum Gasteiger partial charge on any atom is -0.367 e. The Kier molecular flexibility index (Phi) is 4.63. The summed E-state index contributed by atoms with van der Waals surface area (Å²) in [7, 11) is 0. The number of aromatic nitrogens is 2. The second-order valence-corrected chi connectivity index (χ2v) is 6.00. The summed E-state index contributed by atoms with van der Waals surface area (Å²) in [5.74, 6) is -1.05. The van der Waals surface area contributed by atoms with E-state index in [0.717, 1.165) is 31.4 Å². The van der Waals surface area contributed by atoms with Gasteiger partial charge >= 0.3 is 0 Å². The Hall–Kier alpha value is -1.60. The molecule has 1 aliphatic rings. The molecule has 7 heteroatoms. The molecule has 2 heterocycles. The van der Waals surface area contributed by atoms with E-state index in [1.165, 1.54) is 12.1 Å². The van der Waals surface area contributed by atoms with Gasteiger partial charge in [0.25, 0.3) is 0 Å². The maximum atomic E-state index is 13.8. The topological polar surface area (TPSA) is 32.3 Å². The van der Waals surface area contributed by atoms with Crippen molar-refractivity contribution in [3.05, 3.63) is 52.5 Å². The van der Waals surface area contributed by atoms with E-state index in [9.17, 15) is 8.78 Å². The van der Waals surface area contributed by atoms with E-state index in [4.69, 9.17) is 0 Å². The predicted molar refractivity (Wildman–Crippen MR) is 83.6 cm³/mol. The summed E-state index contributed by atoms with van der Waals surface area (Å²) in [5, 5.41) is 0. The van der Waals surface area contributed by atoms with Crippen LogP contribution in [0.2, 0.25) is 0 Å². The summed E-state index contributed by atoms with van der Waals surface area (Å²) in [6.45, 7) is 3.72. The van der Waals surface area contributed by atoms with Crippen LogP contribution in [0.25, 0.3) is 0 Å². The Bertz CT molecular complexity index is 642. The first-order chi connectivity index (χ1) is 10.6. The SMILES string of the molecule is Fc1ccc(N2CCN(Cc3cnc(Br)cn3)CC2)c(F)c1. The van der Waals surface area contributed by atoms with Crippen LogP contribution in [0, 0.1) is 11.6 Å². The second-order valence-electron chi connectivity index (χ2n) is 5.19. The van der Waals surface area contributed by atoms with Gasteiger partial charge in [-0.1, -0.05) is 0 Å². The highest BCUT2D eigenvalue weighted by Gasteiger charge is 2.20. The number of anilines is 1. The van der Waals surface area contributed by atoms with Gasteiger partial charge in [0.2, 0.25) is 0 Å². The minimum atomic E-state index is -0.548. The fourth-order valence-corrected chi connectivity index (χ4v) is 2.74. The summed E-state index contributed by atoms with van der Waals surface area (Å²) in [6, 6.07) is 3.72. The summed E-state index contributed by atoms with van der Waals surface area (Å²) < 4.78 is 27.5. The molecule has 0 bridgehead atoms. The van der Waals surface area contributed by atoms with Crippen molar-refractivity contribution >= 4 is 21.6 Å². The third-order valence-electron chi connectivity index (χ3n) is 3.68. The molecule has 3 rings (SSSR count). The van der Waals surface area contributed by atoms with E-state index in [1.807, 2.05) is 4.90 Å². The van der Waals surface area contributed by atoms with Gasteiger partial charge < -0.3 is 4.90 Å². The Morgan fingerprint density at radius 3 is 2.45 bits per heavy atom. The van der Waals surface area contributed by atoms with Crippen molar-refractivity contribution in [1.82, 2.24) is 14.9 Å². The first-order valence-corrected chi connectivity index (χ1v) is 7.80. The quantitative estimate of drug-likeness (QED) is 0.833. The van der Waals surface area contributed by atoms with Crippen molar-refractivity contribution in [3.63, 3.8) is 0 Å². The van der Waals surface area contributed by atoms with Gasteiger partial charge in [-0.25, -0.2) is 13.8 Å². The monoisotopic (exact) mass is 368 g/mol. The normalized spacial score (nSPS) is 16.0. The molecule has 0 atom stereocenters. The maximum absolute atomic E-state index is 13.8. The first kappa shape index (κ1) is 15.3. The first-order valence-electron chi connectivity index (χ1n) is 7.00. The fourth-order valence-electron chi connectivity index (χ4n) is 2.53. The highest BCUT2D eigenvalue weighted by Crippen LogP contribution is 2.21. The molecule has 2 aromatic rings. The average molecular weight is 369 g/mol. The molecular weight excluding hydrogens is 354 g/mol. The number of rotatable bonds is 3. The van der Waals surface area contributed by atoms with Crippen molar-refractivity contribution < 1.29 is 8.78 Å². The fraction of sp³-hybridized carbons (Fsp3) is 0.333. The van der Waals surface area contributed by atoms with Gasteiger partial charge in [-0.2, -0.15) is 0 Å². The van der Waals surface area contributed by atoms with Gasteiger partial charge in [0.05, 0.1) is 23.8 Å². The molecule has 0 unspecified atom stereocenters. The number of hydrogen-bond donors (Lipinski definition) is 0. The van der Waals surface area contributed by atoms with Crippen LogP contribution < -0.4 is 4.90 Å². The van der Waals surface area contributed by atoms with Gasteiger partial charge in [-0.15, -0.1) is 0 Å². The minimum absolute atomic E-state index is 0.462. The highest BCUT2D eigenvalue weighted by atomic mass is 79.9. The number of halogens is 3. The van der Waals surface area contributed by atoms with Crippen molar-refractivity contribution in [3.8, 4) is 0 Å². The Labute approximate surface area is 135 Å². The zero-order valence-corrected chi connectivity index (χ0v) is 13.4. The van der Waals surface area contributed by atoms with Crippen molar-refractivity contribution in [2.45, 2.75) is 6.54 Å². The zero-order valence-electron chi connectivity index (χ0n) is 11.8. The van der Waals surface area contributed by atoms with E-state index in [-0.39, 0.29) is 0 Å².